The van der Waals surface area contributed by atoms with Crippen LogP contribution < -0.4 is 10.1 Å². The zero-order valence-corrected chi connectivity index (χ0v) is 18.1. The summed E-state index contributed by atoms with van der Waals surface area (Å²) >= 11 is 1.61. The van der Waals surface area contributed by atoms with Gasteiger partial charge in [-0.15, -0.1) is 11.3 Å². The predicted molar refractivity (Wildman–Crippen MR) is 114 cm³/mol. The number of likely N-dealkylation sites (tertiary alicyclic amines) is 1. The first-order chi connectivity index (χ1) is 14.0. The lowest BCUT2D eigenvalue weighted by atomic mass is 9.92. The topological polar surface area (TPSA) is 71.5 Å². The minimum Gasteiger partial charge on any atom is -0.497 e. The number of thiazole rings is 1. The van der Waals surface area contributed by atoms with Crippen molar-refractivity contribution in [1.29, 1.82) is 0 Å². The van der Waals surface area contributed by atoms with Crippen LogP contribution in [0.2, 0.25) is 0 Å². The van der Waals surface area contributed by atoms with Crippen molar-refractivity contribution in [1.82, 2.24) is 15.2 Å². The van der Waals surface area contributed by atoms with Crippen molar-refractivity contribution in [3.63, 3.8) is 0 Å². The molecule has 2 aromatic rings. The second-order valence-electron chi connectivity index (χ2n) is 7.37. The van der Waals surface area contributed by atoms with Gasteiger partial charge < -0.3 is 15.0 Å². The maximum Gasteiger partial charge on any atom is 0.226 e. The number of hydrogen-bond acceptors (Lipinski definition) is 5. The number of nitrogens with zero attached hydrogens (tertiary/aromatic N) is 2. The molecular weight excluding hydrogens is 386 g/mol. The van der Waals surface area contributed by atoms with E-state index >= 15 is 0 Å². The van der Waals surface area contributed by atoms with E-state index in [1.54, 1.807) is 18.4 Å². The Morgan fingerprint density at radius 1 is 1.34 bits per heavy atom. The van der Waals surface area contributed by atoms with Gasteiger partial charge in [-0.25, -0.2) is 4.98 Å². The average Bonchev–Trinajstić information content (AvgIpc) is 3.29. The van der Waals surface area contributed by atoms with Gasteiger partial charge in [0.1, 0.15) is 5.75 Å². The van der Waals surface area contributed by atoms with Gasteiger partial charge in [0.05, 0.1) is 29.8 Å². The lowest BCUT2D eigenvalue weighted by Crippen LogP contribution is -2.36. The summed E-state index contributed by atoms with van der Waals surface area (Å²) in [6.07, 6.45) is 2.88. The van der Waals surface area contributed by atoms with Crippen molar-refractivity contribution < 1.29 is 14.3 Å². The van der Waals surface area contributed by atoms with Crippen LogP contribution in [0.1, 0.15) is 48.5 Å². The molecule has 1 aromatic carbocycles. The summed E-state index contributed by atoms with van der Waals surface area (Å²) < 4.78 is 5.25. The third kappa shape index (κ3) is 5.15. The number of carbonyl (C=O) groups excluding carboxylic acids is 2. The summed E-state index contributed by atoms with van der Waals surface area (Å²) in [5.74, 6) is 0.363. The van der Waals surface area contributed by atoms with Crippen LogP contribution in [0.3, 0.4) is 0 Å². The Hall–Kier alpha value is -2.41. The second kappa shape index (κ2) is 9.87. The summed E-state index contributed by atoms with van der Waals surface area (Å²) in [4.78, 5) is 32.0. The van der Waals surface area contributed by atoms with Crippen LogP contribution >= 0.6 is 11.3 Å². The Bertz CT molecular complexity index is 834. The van der Waals surface area contributed by atoms with Crippen molar-refractivity contribution in [2.75, 3.05) is 20.2 Å². The molecule has 29 heavy (non-hydrogen) atoms. The van der Waals surface area contributed by atoms with Crippen molar-refractivity contribution in [2.24, 2.45) is 5.92 Å². The van der Waals surface area contributed by atoms with Crippen LogP contribution in [0.15, 0.2) is 29.6 Å². The number of hydrogen-bond donors (Lipinski definition) is 1. The summed E-state index contributed by atoms with van der Waals surface area (Å²) in [5.41, 5.74) is 1.97. The van der Waals surface area contributed by atoms with Crippen LogP contribution in [-0.2, 0) is 16.0 Å². The standard InChI is InChI=1S/C22H29N3O3S/c1-4-5-12-25-20(26)13-19(21(25)16-6-8-18(28-3)9-7-16)22(27)23-11-10-17-14-29-15(2)24-17/h6-9,14,19,21H,4-5,10-13H2,1-3H3,(H,23,27)/t19-,21+/m0/s1. The van der Waals surface area contributed by atoms with Crippen molar-refractivity contribution in [2.45, 2.75) is 45.6 Å². The first kappa shape index (κ1) is 21.3. The van der Waals surface area contributed by atoms with Gasteiger partial charge in [0, 0.05) is 31.3 Å². The molecule has 6 nitrogen and oxygen atoms in total. The molecule has 7 heteroatoms. The molecule has 1 N–H and O–H groups in total. The van der Waals surface area contributed by atoms with Crippen molar-refractivity contribution in [3.05, 3.63) is 45.9 Å². The Kier molecular flexibility index (Phi) is 7.25. The molecule has 2 atom stereocenters. The van der Waals surface area contributed by atoms with Gasteiger partial charge >= 0.3 is 0 Å². The van der Waals surface area contributed by atoms with E-state index in [2.05, 4.69) is 17.2 Å². The van der Waals surface area contributed by atoms with Crippen LogP contribution in [0.5, 0.6) is 5.75 Å². The first-order valence-corrected chi connectivity index (χ1v) is 11.0. The quantitative estimate of drug-likeness (QED) is 0.680. The van der Waals surface area contributed by atoms with E-state index in [0.29, 0.717) is 19.5 Å². The number of nitrogens with one attached hydrogen (secondary N) is 1. The number of ether oxygens (including phenoxy) is 1. The van der Waals surface area contributed by atoms with Gasteiger partial charge in [0.15, 0.2) is 0 Å². The van der Waals surface area contributed by atoms with E-state index in [0.717, 1.165) is 34.9 Å². The SMILES string of the molecule is CCCCN1C(=O)C[C@H](C(=O)NCCc2csc(C)n2)[C@H]1c1ccc(OC)cc1. The molecule has 0 spiro atoms. The molecule has 2 amide bonds. The largest absolute Gasteiger partial charge is 0.497 e. The maximum atomic E-state index is 13.0. The Morgan fingerprint density at radius 3 is 2.72 bits per heavy atom. The third-order valence-corrected chi connectivity index (χ3v) is 6.15. The molecule has 1 fully saturated rings. The number of aryl methyl sites for hydroxylation is 1. The predicted octanol–water partition coefficient (Wildman–Crippen LogP) is 3.51. The molecule has 1 aliphatic rings. The monoisotopic (exact) mass is 415 g/mol. The summed E-state index contributed by atoms with van der Waals surface area (Å²) in [7, 11) is 1.63. The number of aromatic nitrogens is 1. The Labute approximate surface area is 176 Å². The third-order valence-electron chi connectivity index (χ3n) is 5.33. The number of unbranched alkanes of at least 4 members (excludes halogenated alkanes) is 1. The van der Waals surface area contributed by atoms with Gasteiger partial charge in [0.2, 0.25) is 11.8 Å². The number of carbonyl (C=O) groups is 2. The highest BCUT2D eigenvalue weighted by atomic mass is 32.1. The van der Waals surface area contributed by atoms with Crippen LogP contribution in [-0.4, -0.2) is 41.9 Å². The van der Waals surface area contributed by atoms with E-state index in [1.165, 1.54) is 0 Å². The normalized spacial score (nSPS) is 18.9. The molecule has 0 radical (unpaired) electrons. The van der Waals surface area contributed by atoms with E-state index < -0.39 is 0 Å². The van der Waals surface area contributed by atoms with E-state index in [4.69, 9.17) is 4.74 Å². The summed E-state index contributed by atoms with van der Waals surface area (Å²) in [5, 5.41) is 6.07. The van der Waals surface area contributed by atoms with Gasteiger partial charge in [-0.1, -0.05) is 25.5 Å². The molecule has 1 saturated heterocycles. The molecule has 3 rings (SSSR count). The van der Waals surface area contributed by atoms with Crippen LogP contribution in [0.4, 0.5) is 0 Å². The van der Waals surface area contributed by atoms with E-state index in [-0.39, 0.29) is 30.2 Å². The molecule has 2 heterocycles. The van der Waals surface area contributed by atoms with Gasteiger partial charge in [-0.2, -0.15) is 0 Å². The summed E-state index contributed by atoms with van der Waals surface area (Å²) in [6.45, 7) is 5.28. The molecule has 1 aliphatic heterocycles. The van der Waals surface area contributed by atoms with Crippen LogP contribution in [0.25, 0.3) is 0 Å². The van der Waals surface area contributed by atoms with Gasteiger partial charge in [0.25, 0.3) is 0 Å². The number of rotatable bonds is 9. The summed E-state index contributed by atoms with van der Waals surface area (Å²) in [6, 6.07) is 7.45. The fourth-order valence-electron chi connectivity index (χ4n) is 3.80. The molecule has 0 bridgehead atoms. The minimum atomic E-state index is -0.384. The zero-order chi connectivity index (χ0) is 20.8. The Balaban J connectivity index is 1.72. The molecule has 1 aromatic heterocycles. The smallest absolute Gasteiger partial charge is 0.226 e. The lowest BCUT2D eigenvalue weighted by Gasteiger charge is -2.28. The second-order valence-corrected chi connectivity index (χ2v) is 8.43. The highest BCUT2D eigenvalue weighted by Crippen LogP contribution is 2.39. The molecule has 156 valence electrons. The minimum absolute atomic E-state index is 0.0505. The average molecular weight is 416 g/mol. The highest BCUT2D eigenvalue weighted by Gasteiger charge is 2.44. The maximum absolute atomic E-state index is 13.0. The zero-order valence-electron chi connectivity index (χ0n) is 17.3. The molecular formula is C22H29N3O3S. The van der Waals surface area contributed by atoms with Crippen molar-refractivity contribution in [3.8, 4) is 5.75 Å². The Morgan fingerprint density at radius 2 is 2.10 bits per heavy atom. The first-order valence-electron chi connectivity index (χ1n) is 10.2. The number of benzene rings is 1. The molecule has 0 unspecified atom stereocenters. The molecule has 0 saturated carbocycles. The van der Waals surface area contributed by atoms with Crippen molar-refractivity contribution >= 4 is 23.2 Å². The number of methoxy groups -OCH3 is 1. The van der Waals surface area contributed by atoms with E-state index in [9.17, 15) is 9.59 Å². The fourth-order valence-corrected chi connectivity index (χ4v) is 4.45. The lowest BCUT2D eigenvalue weighted by molar-refractivity contribution is -0.129. The highest BCUT2D eigenvalue weighted by molar-refractivity contribution is 7.09. The molecule has 0 aliphatic carbocycles. The van der Waals surface area contributed by atoms with E-state index in [1.807, 2.05) is 41.5 Å². The number of amides is 2. The fraction of sp³-hybridized carbons (Fsp3) is 0.500. The van der Waals surface area contributed by atoms with Gasteiger partial charge in [-0.05, 0) is 31.0 Å². The van der Waals surface area contributed by atoms with Gasteiger partial charge in [-0.3, -0.25) is 9.59 Å². The van der Waals surface area contributed by atoms with Crippen LogP contribution in [0, 0.1) is 12.8 Å².